The number of fused-ring (bicyclic) bond motifs is 2. The minimum Gasteiger partial charge on any atom is -0.311 e. The van der Waals surface area contributed by atoms with Crippen molar-refractivity contribution >= 4 is 0 Å². The molecule has 2 bridgehead atoms. The van der Waals surface area contributed by atoms with Gasteiger partial charge >= 0.3 is 0 Å². The summed E-state index contributed by atoms with van der Waals surface area (Å²) in [6.45, 7) is 11.9. The number of hydrogen-bond donors (Lipinski definition) is 1. The first-order valence-electron chi connectivity index (χ1n) is 9.07. The van der Waals surface area contributed by atoms with Gasteiger partial charge in [-0.1, -0.05) is 27.2 Å². The van der Waals surface area contributed by atoms with Gasteiger partial charge in [-0.15, -0.1) is 0 Å². The minimum atomic E-state index is 0.361. The molecule has 0 spiro atoms. The second kappa shape index (κ2) is 5.82. The second-order valence-corrected chi connectivity index (χ2v) is 8.90. The molecule has 0 aromatic rings. The fourth-order valence-corrected chi connectivity index (χ4v) is 4.83. The maximum atomic E-state index is 3.78. The molecule has 3 rings (SSSR count). The Bertz CT molecular complexity index is 348. The molecular weight excluding hydrogens is 258 g/mol. The van der Waals surface area contributed by atoms with Gasteiger partial charge in [0.2, 0.25) is 0 Å². The number of piperidine rings is 2. The van der Waals surface area contributed by atoms with Crippen molar-refractivity contribution in [2.24, 2.45) is 5.41 Å². The maximum Gasteiger partial charge on any atom is 0.0244 e. The van der Waals surface area contributed by atoms with Gasteiger partial charge in [0.1, 0.15) is 0 Å². The zero-order valence-electron chi connectivity index (χ0n) is 14.7. The van der Waals surface area contributed by atoms with Crippen LogP contribution in [0.25, 0.3) is 0 Å². The number of piperazine rings is 1. The Balaban J connectivity index is 1.70. The molecule has 3 aliphatic rings. The average molecular weight is 293 g/mol. The molecule has 0 aliphatic carbocycles. The molecule has 3 saturated heterocycles. The summed E-state index contributed by atoms with van der Waals surface area (Å²) in [7, 11) is 2.36. The lowest BCUT2D eigenvalue weighted by Gasteiger charge is -2.53. The van der Waals surface area contributed by atoms with Crippen molar-refractivity contribution in [1.29, 1.82) is 0 Å². The van der Waals surface area contributed by atoms with Gasteiger partial charge in [-0.3, -0.25) is 4.90 Å². The Morgan fingerprint density at radius 2 is 1.62 bits per heavy atom. The van der Waals surface area contributed by atoms with Gasteiger partial charge < -0.3 is 10.2 Å². The Kier molecular flexibility index (Phi) is 4.37. The van der Waals surface area contributed by atoms with Crippen LogP contribution in [0, 0.1) is 5.41 Å². The number of rotatable bonds is 1. The molecule has 4 unspecified atom stereocenters. The zero-order chi connectivity index (χ0) is 15.2. The number of nitrogens with one attached hydrogen (secondary N) is 1. The monoisotopic (exact) mass is 293 g/mol. The SMILES string of the molecule is CC1CNC(C(C)(C)C)CN1C1CC2CCCC(C1)N2C. The lowest BCUT2D eigenvalue weighted by molar-refractivity contribution is -0.0237. The van der Waals surface area contributed by atoms with E-state index in [4.69, 9.17) is 0 Å². The molecule has 3 aliphatic heterocycles. The van der Waals surface area contributed by atoms with Gasteiger partial charge in [-0.05, 0) is 45.1 Å². The molecule has 0 aromatic heterocycles. The lowest BCUT2D eigenvalue weighted by atomic mass is 9.79. The van der Waals surface area contributed by atoms with Gasteiger partial charge in [0.05, 0.1) is 0 Å². The Morgan fingerprint density at radius 3 is 2.19 bits per heavy atom. The van der Waals surface area contributed by atoms with Crippen LogP contribution in [0.1, 0.15) is 59.8 Å². The summed E-state index contributed by atoms with van der Waals surface area (Å²) < 4.78 is 0. The summed E-state index contributed by atoms with van der Waals surface area (Å²) in [5.74, 6) is 0. The molecule has 4 atom stereocenters. The van der Waals surface area contributed by atoms with E-state index in [1.807, 2.05) is 0 Å². The van der Waals surface area contributed by atoms with E-state index in [2.05, 4.69) is 49.9 Å². The van der Waals surface area contributed by atoms with Crippen molar-refractivity contribution in [3.8, 4) is 0 Å². The van der Waals surface area contributed by atoms with Crippen LogP contribution in [-0.2, 0) is 0 Å². The quantitative estimate of drug-likeness (QED) is 0.802. The highest BCUT2D eigenvalue weighted by Gasteiger charge is 2.42. The van der Waals surface area contributed by atoms with Crippen molar-refractivity contribution in [1.82, 2.24) is 15.1 Å². The van der Waals surface area contributed by atoms with Crippen LogP contribution < -0.4 is 5.32 Å². The highest BCUT2D eigenvalue weighted by Crippen LogP contribution is 2.36. The van der Waals surface area contributed by atoms with Crippen molar-refractivity contribution in [3.63, 3.8) is 0 Å². The average Bonchev–Trinajstić information content (AvgIpc) is 2.38. The van der Waals surface area contributed by atoms with Crippen LogP contribution in [0.3, 0.4) is 0 Å². The standard InChI is InChI=1S/C18H35N3/c1-13-11-19-17(18(2,3)4)12-21(13)16-9-14-7-6-8-15(10-16)20(14)5/h13-17,19H,6-12H2,1-5H3. The van der Waals surface area contributed by atoms with Gasteiger partial charge in [-0.25, -0.2) is 0 Å². The van der Waals surface area contributed by atoms with Crippen molar-refractivity contribution in [3.05, 3.63) is 0 Å². The van der Waals surface area contributed by atoms with E-state index in [-0.39, 0.29) is 0 Å². The lowest BCUT2D eigenvalue weighted by Crippen LogP contribution is -2.64. The fourth-order valence-electron chi connectivity index (χ4n) is 4.83. The Morgan fingerprint density at radius 1 is 1.00 bits per heavy atom. The van der Waals surface area contributed by atoms with Crippen molar-refractivity contribution in [2.45, 2.75) is 90.0 Å². The Labute approximate surface area is 131 Å². The second-order valence-electron chi connectivity index (χ2n) is 8.90. The molecule has 0 saturated carbocycles. The predicted molar refractivity (Wildman–Crippen MR) is 89.6 cm³/mol. The van der Waals surface area contributed by atoms with Crippen molar-refractivity contribution < 1.29 is 0 Å². The maximum absolute atomic E-state index is 3.78. The molecule has 0 radical (unpaired) electrons. The molecule has 1 N–H and O–H groups in total. The van der Waals surface area contributed by atoms with Crippen LogP contribution in [0.4, 0.5) is 0 Å². The van der Waals surface area contributed by atoms with Gasteiger partial charge in [-0.2, -0.15) is 0 Å². The summed E-state index contributed by atoms with van der Waals surface area (Å²) in [4.78, 5) is 5.54. The first kappa shape index (κ1) is 15.8. The third-order valence-corrected chi connectivity index (χ3v) is 6.45. The first-order chi connectivity index (χ1) is 9.86. The van der Waals surface area contributed by atoms with Crippen LogP contribution in [0.5, 0.6) is 0 Å². The van der Waals surface area contributed by atoms with E-state index < -0.39 is 0 Å². The molecule has 0 aromatic carbocycles. The first-order valence-corrected chi connectivity index (χ1v) is 9.07. The smallest absolute Gasteiger partial charge is 0.0244 e. The normalized spacial score (nSPS) is 43.0. The third-order valence-electron chi connectivity index (χ3n) is 6.45. The van der Waals surface area contributed by atoms with Crippen LogP contribution >= 0.6 is 0 Å². The largest absolute Gasteiger partial charge is 0.311 e. The topological polar surface area (TPSA) is 18.5 Å². The predicted octanol–water partition coefficient (Wildman–Crippen LogP) is 2.71. The van der Waals surface area contributed by atoms with Gasteiger partial charge in [0, 0.05) is 43.3 Å². The summed E-state index contributed by atoms with van der Waals surface area (Å²) in [5.41, 5.74) is 0.361. The Hall–Kier alpha value is -0.120. The molecule has 3 heteroatoms. The summed E-state index contributed by atoms with van der Waals surface area (Å²) in [6, 6.07) is 3.83. The van der Waals surface area contributed by atoms with E-state index in [0.717, 1.165) is 24.7 Å². The summed E-state index contributed by atoms with van der Waals surface area (Å²) in [5, 5.41) is 3.78. The number of hydrogen-bond acceptors (Lipinski definition) is 3. The van der Waals surface area contributed by atoms with Gasteiger partial charge in [0.25, 0.3) is 0 Å². The van der Waals surface area contributed by atoms with E-state index in [1.165, 1.54) is 38.6 Å². The van der Waals surface area contributed by atoms with Crippen LogP contribution in [0.15, 0.2) is 0 Å². The molecule has 3 fully saturated rings. The molecule has 3 heterocycles. The molecular formula is C18H35N3. The van der Waals surface area contributed by atoms with E-state index in [0.29, 0.717) is 17.5 Å². The molecule has 21 heavy (non-hydrogen) atoms. The van der Waals surface area contributed by atoms with E-state index in [9.17, 15) is 0 Å². The molecule has 3 nitrogen and oxygen atoms in total. The molecule has 122 valence electrons. The minimum absolute atomic E-state index is 0.361. The molecule has 0 amide bonds. The van der Waals surface area contributed by atoms with E-state index in [1.54, 1.807) is 0 Å². The number of nitrogens with zero attached hydrogens (tertiary/aromatic N) is 2. The van der Waals surface area contributed by atoms with E-state index >= 15 is 0 Å². The third kappa shape index (κ3) is 3.16. The van der Waals surface area contributed by atoms with Gasteiger partial charge in [0.15, 0.2) is 0 Å². The highest BCUT2D eigenvalue weighted by molar-refractivity contribution is 4.99. The van der Waals surface area contributed by atoms with Crippen LogP contribution in [0.2, 0.25) is 0 Å². The fraction of sp³-hybridized carbons (Fsp3) is 1.00. The highest BCUT2D eigenvalue weighted by atomic mass is 15.3. The van der Waals surface area contributed by atoms with Crippen molar-refractivity contribution in [2.75, 3.05) is 20.1 Å². The summed E-state index contributed by atoms with van der Waals surface area (Å²) >= 11 is 0. The summed E-state index contributed by atoms with van der Waals surface area (Å²) in [6.07, 6.45) is 7.09. The van der Waals surface area contributed by atoms with Crippen LogP contribution in [-0.4, -0.2) is 60.1 Å². The zero-order valence-corrected chi connectivity index (χ0v) is 14.7.